The van der Waals surface area contributed by atoms with Crippen LogP contribution < -0.4 is 42.2 Å². The summed E-state index contributed by atoms with van der Waals surface area (Å²) < 4.78 is 27.3. The van der Waals surface area contributed by atoms with Crippen LogP contribution in [0, 0.1) is 11.6 Å². The van der Waals surface area contributed by atoms with Gasteiger partial charge in [-0.3, -0.25) is 48.4 Å². The summed E-state index contributed by atoms with van der Waals surface area (Å²) in [5, 5.41) is 13.9. The predicted molar refractivity (Wildman–Crippen MR) is 341 cm³/mol. The standard InChI is InChI=1S/C68H96F2N12O6/c1-45-35-79(41-61(85)81-43-67(3,4)63-57(81)31-49(65(87)75-63)29-47-19-23-51(69)24-20-47)55(33-71-45)39-77-27-13-15-53(37-77)73-59(83)17-11-9-7-8-10-12-18-60(84)74-54-16-14-28-78(38-54)40-56-34-72-46(2)36-80(56)42-62(86)82-44-68(5,6)64-58(82)32-50(66(88)76-64)30-48-21-25-52(70)26-22-48/h19-26,31-32,45-46,53-56,71-72H,7-18,27-30,33-44H2,1-6H3,(H,73,83)(H,74,84)(H,75,87)(H,76,88)/t45-,46-,53?,54?,55-,56-/m1/s1. The molecule has 8 heterocycles. The van der Waals surface area contributed by atoms with Crippen molar-refractivity contribution in [1.82, 2.24) is 50.8 Å². The van der Waals surface area contributed by atoms with Crippen molar-refractivity contribution in [3.8, 4) is 0 Å². The maximum atomic E-state index is 14.3. The van der Waals surface area contributed by atoms with Crippen molar-refractivity contribution >= 4 is 35.0 Å². The monoisotopic (exact) mass is 1210 g/mol. The smallest absolute Gasteiger partial charge is 0.251 e. The molecule has 4 saturated heterocycles. The van der Waals surface area contributed by atoms with Crippen LogP contribution in [0.4, 0.5) is 20.2 Å². The molecule has 2 aromatic heterocycles. The maximum Gasteiger partial charge on any atom is 0.251 e. The van der Waals surface area contributed by atoms with Crippen LogP contribution >= 0.6 is 0 Å². The van der Waals surface area contributed by atoms with Crippen molar-refractivity contribution in [3.63, 3.8) is 0 Å². The van der Waals surface area contributed by atoms with Crippen molar-refractivity contribution in [3.05, 3.63) is 127 Å². The molecule has 0 saturated carbocycles. The van der Waals surface area contributed by atoms with Crippen LogP contribution in [-0.4, -0.2) is 181 Å². The summed E-state index contributed by atoms with van der Waals surface area (Å²) in [6.07, 6.45) is 11.2. The summed E-state index contributed by atoms with van der Waals surface area (Å²) in [5.74, 6) is -0.468. The topological polar surface area (TPSA) is 202 Å². The van der Waals surface area contributed by atoms with Crippen LogP contribution in [0.25, 0.3) is 0 Å². The van der Waals surface area contributed by atoms with Gasteiger partial charge in [0.2, 0.25) is 23.6 Å². The van der Waals surface area contributed by atoms with Gasteiger partial charge in [0.05, 0.1) is 24.5 Å². The van der Waals surface area contributed by atoms with Gasteiger partial charge in [-0.25, -0.2) is 8.78 Å². The van der Waals surface area contributed by atoms with Crippen molar-refractivity contribution in [1.29, 1.82) is 0 Å². The zero-order valence-corrected chi connectivity index (χ0v) is 52.9. The molecule has 0 spiro atoms. The van der Waals surface area contributed by atoms with E-state index in [2.05, 4.69) is 64.7 Å². The van der Waals surface area contributed by atoms with E-state index in [1.165, 1.54) is 24.3 Å². The summed E-state index contributed by atoms with van der Waals surface area (Å²) in [4.78, 5) is 101. The first-order chi connectivity index (χ1) is 42.1. The number of benzene rings is 2. The van der Waals surface area contributed by atoms with Crippen molar-refractivity contribution in [2.75, 3.05) is 101 Å². The third-order valence-electron chi connectivity index (χ3n) is 19.3. The first kappa shape index (κ1) is 64.8. The number of nitrogens with zero attached hydrogens (tertiary/aromatic N) is 6. The van der Waals surface area contributed by atoms with Crippen LogP contribution in [0.3, 0.4) is 0 Å². The summed E-state index contributed by atoms with van der Waals surface area (Å²) >= 11 is 0. The fourth-order valence-corrected chi connectivity index (χ4v) is 14.5. The van der Waals surface area contributed by atoms with Gasteiger partial charge in [0.1, 0.15) is 11.6 Å². The Kier molecular flexibility index (Phi) is 21.2. The van der Waals surface area contributed by atoms with E-state index in [0.29, 0.717) is 49.9 Å². The summed E-state index contributed by atoms with van der Waals surface area (Å²) in [6, 6.07) is 16.8. The minimum Gasteiger partial charge on any atom is -0.352 e. The summed E-state index contributed by atoms with van der Waals surface area (Å²) in [6.45, 7) is 21.9. The molecule has 478 valence electrons. The molecule has 6 atom stereocenters. The fraction of sp³-hybridized carbons (Fsp3) is 0.618. The van der Waals surface area contributed by atoms with Crippen LogP contribution in [0.5, 0.6) is 0 Å². The number of hydrogen-bond donors (Lipinski definition) is 6. The van der Waals surface area contributed by atoms with Gasteiger partial charge in [-0.05, 0) is 113 Å². The molecule has 2 unspecified atom stereocenters. The number of amides is 4. The molecule has 2 aromatic carbocycles. The molecule has 18 nitrogen and oxygen atoms in total. The van der Waals surface area contributed by atoms with E-state index < -0.39 is 10.8 Å². The Hall–Kier alpha value is -6.16. The number of aromatic nitrogens is 2. The number of fused-ring (bicyclic) bond motifs is 2. The number of piperazine rings is 2. The highest BCUT2D eigenvalue weighted by atomic mass is 19.1. The van der Waals surface area contributed by atoms with Crippen molar-refractivity contribution < 1.29 is 28.0 Å². The van der Waals surface area contributed by atoms with E-state index in [-0.39, 0.29) is 95.7 Å². The Labute approximate surface area is 518 Å². The number of hydrogen-bond acceptors (Lipinski definition) is 12. The Balaban J connectivity index is 0.607. The number of halogens is 2. The van der Waals surface area contributed by atoms with Crippen LogP contribution in [0.2, 0.25) is 0 Å². The van der Waals surface area contributed by atoms with Crippen LogP contribution in [0.15, 0.2) is 70.3 Å². The van der Waals surface area contributed by atoms with Gasteiger partial charge in [0.25, 0.3) is 11.1 Å². The Morgan fingerprint density at radius 1 is 0.557 bits per heavy atom. The molecule has 4 aromatic rings. The molecular formula is C68H96F2N12O6. The second-order valence-corrected chi connectivity index (χ2v) is 27.8. The average Bonchev–Trinajstić information content (AvgIpc) is 1.69. The second kappa shape index (κ2) is 28.8. The van der Waals surface area contributed by atoms with E-state index in [9.17, 15) is 37.5 Å². The van der Waals surface area contributed by atoms with E-state index in [1.54, 1.807) is 24.3 Å². The second-order valence-electron chi connectivity index (χ2n) is 27.8. The number of rotatable bonds is 23. The van der Waals surface area contributed by atoms with Gasteiger partial charge in [-0.2, -0.15) is 0 Å². The quantitative estimate of drug-likeness (QED) is 0.0469. The van der Waals surface area contributed by atoms with Gasteiger partial charge in [-0.15, -0.1) is 0 Å². The number of nitrogens with one attached hydrogen (secondary N) is 6. The van der Waals surface area contributed by atoms with E-state index in [1.807, 2.05) is 49.6 Å². The third kappa shape index (κ3) is 16.6. The van der Waals surface area contributed by atoms with E-state index >= 15 is 0 Å². The van der Waals surface area contributed by atoms with Gasteiger partial charge in [0, 0.05) is 161 Å². The highest BCUT2D eigenvalue weighted by Crippen LogP contribution is 2.41. The first-order valence-corrected chi connectivity index (χ1v) is 32.7. The maximum absolute atomic E-state index is 14.3. The van der Waals surface area contributed by atoms with Crippen molar-refractivity contribution in [2.45, 2.75) is 179 Å². The lowest BCUT2D eigenvalue weighted by Crippen LogP contribution is -2.62. The highest BCUT2D eigenvalue weighted by molar-refractivity contribution is 5.98. The Bertz CT molecular complexity index is 3000. The Morgan fingerprint density at radius 3 is 1.34 bits per heavy atom. The fourth-order valence-electron chi connectivity index (χ4n) is 14.5. The zero-order chi connectivity index (χ0) is 62.3. The van der Waals surface area contributed by atoms with Crippen molar-refractivity contribution in [2.24, 2.45) is 0 Å². The molecule has 4 amide bonds. The van der Waals surface area contributed by atoms with Crippen LogP contribution in [0.1, 0.15) is 152 Å². The number of likely N-dealkylation sites (tertiary alicyclic amines) is 2. The highest BCUT2D eigenvalue weighted by Gasteiger charge is 2.43. The van der Waals surface area contributed by atoms with E-state index in [4.69, 9.17) is 0 Å². The first-order valence-electron chi connectivity index (χ1n) is 32.7. The number of carbonyl (C=O) groups is 4. The third-order valence-corrected chi connectivity index (χ3v) is 19.3. The molecule has 20 heteroatoms. The summed E-state index contributed by atoms with van der Waals surface area (Å²) in [5.41, 5.74) is 4.45. The predicted octanol–water partition coefficient (Wildman–Crippen LogP) is 6.08. The minimum absolute atomic E-state index is 0.00335. The zero-order valence-electron chi connectivity index (χ0n) is 52.9. The molecule has 0 bridgehead atoms. The summed E-state index contributed by atoms with van der Waals surface area (Å²) in [7, 11) is 0. The van der Waals surface area contributed by atoms with Gasteiger partial charge in [-0.1, -0.05) is 77.6 Å². The number of aromatic amines is 2. The molecule has 0 aliphatic carbocycles. The largest absolute Gasteiger partial charge is 0.352 e. The van der Waals surface area contributed by atoms with Gasteiger partial charge < -0.3 is 41.0 Å². The molecular weight excluding hydrogens is 1120 g/mol. The van der Waals surface area contributed by atoms with E-state index in [0.717, 1.165) is 164 Å². The SMILES string of the molecule is C[C@@H]1CN(CC(=O)N2CC(C)(C)c3[nH]c(=O)c(Cc4ccc(F)cc4)cc32)[C@@H](CN2CCCC(NC(=O)CCCCCCCCC(=O)NC3CCCN(C[C@H]4CN[C@H](C)CN4CC(=O)N4CC(C)(C)c5[nH]c(=O)c(Cc6ccc(F)cc6)cc54)C3)C2)CN1. The molecule has 4 fully saturated rings. The molecule has 6 N–H and O–H groups in total. The number of carbonyl (C=O) groups excluding carboxylic acids is 4. The molecule has 0 radical (unpaired) electrons. The van der Waals surface area contributed by atoms with Gasteiger partial charge >= 0.3 is 0 Å². The Morgan fingerprint density at radius 2 is 0.943 bits per heavy atom. The average molecular weight is 1220 g/mol. The number of unbranched alkanes of at least 4 members (excludes halogenated alkanes) is 5. The minimum atomic E-state index is -0.434. The number of pyridine rings is 2. The molecule has 10 rings (SSSR count). The van der Waals surface area contributed by atoms with Gasteiger partial charge in [0.15, 0.2) is 0 Å². The number of piperidine rings is 2. The lowest BCUT2D eigenvalue weighted by molar-refractivity contribution is -0.123. The number of anilines is 2. The lowest BCUT2D eigenvalue weighted by Gasteiger charge is -2.43. The normalized spacial score (nSPS) is 24.0. The van der Waals surface area contributed by atoms with Crippen LogP contribution in [-0.2, 0) is 42.8 Å². The number of H-pyrrole nitrogens is 2. The molecule has 6 aliphatic heterocycles. The molecule has 88 heavy (non-hydrogen) atoms. The molecule has 6 aliphatic rings. The lowest BCUT2D eigenvalue weighted by atomic mass is 9.91.